The maximum absolute atomic E-state index is 12.5. The van der Waals surface area contributed by atoms with Crippen molar-refractivity contribution >= 4 is 11.7 Å². The molecule has 1 saturated heterocycles. The fraction of sp³-hybridized carbons (Fsp3) is 0.300. The average Bonchev–Trinajstić information content (AvgIpc) is 3.28. The van der Waals surface area contributed by atoms with Crippen molar-refractivity contribution < 1.29 is 9.21 Å². The third-order valence-electron chi connectivity index (χ3n) is 4.71. The maximum atomic E-state index is 12.5. The number of hydrogen-bond acceptors (Lipinski definition) is 6. The molecule has 0 saturated carbocycles. The molecule has 0 radical (unpaired) electrons. The van der Waals surface area contributed by atoms with Crippen molar-refractivity contribution in [3.8, 4) is 11.5 Å². The molecule has 1 amide bonds. The second-order valence-electron chi connectivity index (χ2n) is 6.58. The van der Waals surface area contributed by atoms with Crippen molar-refractivity contribution in [3.63, 3.8) is 0 Å². The van der Waals surface area contributed by atoms with E-state index in [1.54, 1.807) is 12.5 Å². The second kappa shape index (κ2) is 7.99. The number of piperidine rings is 1. The van der Waals surface area contributed by atoms with Gasteiger partial charge in [-0.2, -0.15) is 0 Å². The molecule has 7 nitrogen and oxygen atoms in total. The summed E-state index contributed by atoms with van der Waals surface area (Å²) in [7, 11) is 0. The third-order valence-corrected chi connectivity index (χ3v) is 4.71. The number of pyridine rings is 1. The van der Waals surface area contributed by atoms with Gasteiger partial charge in [0.1, 0.15) is 5.69 Å². The Hall–Kier alpha value is -3.22. The Morgan fingerprint density at radius 1 is 1.19 bits per heavy atom. The van der Waals surface area contributed by atoms with Crippen LogP contribution in [0.3, 0.4) is 0 Å². The Kier molecular flexibility index (Phi) is 5.09. The lowest BCUT2D eigenvalue weighted by Crippen LogP contribution is -2.43. The lowest BCUT2D eigenvalue weighted by Gasteiger charge is -2.32. The van der Waals surface area contributed by atoms with Crippen LogP contribution >= 0.6 is 0 Å². The summed E-state index contributed by atoms with van der Waals surface area (Å²) >= 11 is 0. The highest BCUT2D eigenvalue weighted by atomic mass is 16.3. The minimum atomic E-state index is -0.0611. The SMILES string of the molecule is O=C(NCc1ccccn1)[C@H]1CCCN(c2ccc(-c3ccco3)nn2)C1. The Morgan fingerprint density at radius 2 is 2.15 bits per heavy atom. The van der Waals surface area contributed by atoms with Gasteiger partial charge in [-0.1, -0.05) is 6.07 Å². The van der Waals surface area contributed by atoms with Crippen LogP contribution in [0.4, 0.5) is 5.82 Å². The summed E-state index contributed by atoms with van der Waals surface area (Å²) in [5, 5.41) is 11.6. The largest absolute Gasteiger partial charge is 0.463 e. The van der Waals surface area contributed by atoms with Gasteiger partial charge >= 0.3 is 0 Å². The number of rotatable bonds is 5. The molecule has 1 atom stereocenters. The zero-order valence-electron chi connectivity index (χ0n) is 14.9. The fourth-order valence-electron chi connectivity index (χ4n) is 3.27. The molecule has 4 heterocycles. The van der Waals surface area contributed by atoms with E-state index < -0.39 is 0 Å². The summed E-state index contributed by atoms with van der Waals surface area (Å²) in [6.07, 6.45) is 5.17. The summed E-state index contributed by atoms with van der Waals surface area (Å²) in [6.45, 7) is 1.97. The van der Waals surface area contributed by atoms with Crippen LogP contribution in [0.5, 0.6) is 0 Å². The number of hydrogen-bond donors (Lipinski definition) is 1. The Labute approximate surface area is 157 Å². The van der Waals surface area contributed by atoms with Crippen LogP contribution in [0.1, 0.15) is 18.5 Å². The predicted octanol–water partition coefficient (Wildman–Crippen LogP) is 2.66. The monoisotopic (exact) mass is 363 g/mol. The first-order chi connectivity index (χ1) is 13.3. The van der Waals surface area contributed by atoms with E-state index in [0.717, 1.165) is 30.9 Å². The quantitative estimate of drug-likeness (QED) is 0.750. The highest BCUT2D eigenvalue weighted by molar-refractivity contribution is 5.79. The summed E-state index contributed by atoms with van der Waals surface area (Å²) in [6, 6.07) is 13.2. The number of aromatic nitrogens is 3. The van der Waals surface area contributed by atoms with Gasteiger partial charge in [0.2, 0.25) is 5.91 Å². The first-order valence-corrected chi connectivity index (χ1v) is 9.10. The molecule has 138 valence electrons. The van der Waals surface area contributed by atoms with Crippen molar-refractivity contribution in [3.05, 3.63) is 60.6 Å². The normalized spacial score (nSPS) is 16.9. The molecule has 1 aliphatic rings. The molecule has 0 bridgehead atoms. The highest BCUT2D eigenvalue weighted by Crippen LogP contribution is 2.23. The molecule has 4 rings (SSSR count). The van der Waals surface area contributed by atoms with Crippen molar-refractivity contribution in [1.29, 1.82) is 0 Å². The van der Waals surface area contributed by atoms with Gasteiger partial charge in [-0.15, -0.1) is 10.2 Å². The number of carbonyl (C=O) groups excluding carboxylic acids is 1. The molecule has 1 N–H and O–H groups in total. The van der Waals surface area contributed by atoms with Crippen molar-refractivity contribution in [1.82, 2.24) is 20.5 Å². The summed E-state index contributed by atoms with van der Waals surface area (Å²) < 4.78 is 5.34. The number of amides is 1. The molecule has 3 aromatic heterocycles. The molecule has 7 heteroatoms. The van der Waals surface area contributed by atoms with Crippen LogP contribution in [0, 0.1) is 5.92 Å². The van der Waals surface area contributed by atoms with Gasteiger partial charge in [-0.25, -0.2) is 0 Å². The van der Waals surface area contributed by atoms with Crippen LogP contribution in [0.2, 0.25) is 0 Å². The van der Waals surface area contributed by atoms with Crippen LogP contribution in [-0.2, 0) is 11.3 Å². The van der Waals surface area contributed by atoms with Gasteiger partial charge in [-0.05, 0) is 49.2 Å². The fourth-order valence-corrected chi connectivity index (χ4v) is 3.27. The number of anilines is 1. The van der Waals surface area contributed by atoms with Crippen LogP contribution in [0.15, 0.2) is 59.3 Å². The van der Waals surface area contributed by atoms with E-state index in [-0.39, 0.29) is 11.8 Å². The molecule has 0 unspecified atom stereocenters. The summed E-state index contributed by atoms with van der Waals surface area (Å²) in [5.74, 6) is 1.48. The number of nitrogens with zero attached hydrogens (tertiary/aromatic N) is 4. The van der Waals surface area contributed by atoms with Gasteiger partial charge < -0.3 is 14.6 Å². The van der Waals surface area contributed by atoms with Crippen molar-refractivity contribution in [2.45, 2.75) is 19.4 Å². The van der Waals surface area contributed by atoms with Crippen LogP contribution in [-0.4, -0.2) is 34.2 Å². The Balaban J connectivity index is 1.36. The smallest absolute Gasteiger partial charge is 0.225 e. The molecule has 1 aliphatic heterocycles. The van der Waals surface area contributed by atoms with E-state index in [1.807, 2.05) is 42.5 Å². The summed E-state index contributed by atoms with van der Waals surface area (Å²) in [5.41, 5.74) is 1.56. The Morgan fingerprint density at radius 3 is 2.89 bits per heavy atom. The second-order valence-corrected chi connectivity index (χ2v) is 6.58. The molecule has 3 aromatic rings. The van der Waals surface area contributed by atoms with E-state index >= 15 is 0 Å². The number of carbonyl (C=O) groups is 1. The lowest BCUT2D eigenvalue weighted by molar-refractivity contribution is -0.125. The van der Waals surface area contributed by atoms with Gasteiger partial charge in [0.05, 0.1) is 24.4 Å². The molecular weight excluding hydrogens is 342 g/mol. The minimum absolute atomic E-state index is 0.0607. The molecular formula is C20H21N5O2. The summed E-state index contributed by atoms with van der Waals surface area (Å²) in [4.78, 5) is 18.9. The minimum Gasteiger partial charge on any atom is -0.463 e. The van der Waals surface area contributed by atoms with Gasteiger partial charge in [0.25, 0.3) is 0 Å². The number of furan rings is 1. The van der Waals surface area contributed by atoms with E-state index in [2.05, 4.69) is 25.4 Å². The molecule has 0 aliphatic carbocycles. The zero-order valence-corrected chi connectivity index (χ0v) is 14.9. The van der Waals surface area contributed by atoms with Gasteiger partial charge in [0, 0.05) is 19.3 Å². The van der Waals surface area contributed by atoms with Crippen molar-refractivity contribution in [2.24, 2.45) is 5.92 Å². The average molecular weight is 363 g/mol. The van der Waals surface area contributed by atoms with Crippen LogP contribution in [0.25, 0.3) is 11.5 Å². The predicted molar refractivity (Wildman–Crippen MR) is 101 cm³/mol. The Bertz CT molecular complexity index is 865. The van der Waals surface area contributed by atoms with Gasteiger partial charge in [0.15, 0.2) is 11.6 Å². The van der Waals surface area contributed by atoms with E-state index in [1.165, 1.54) is 0 Å². The van der Waals surface area contributed by atoms with E-state index in [4.69, 9.17) is 4.42 Å². The lowest BCUT2D eigenvalue weighted by atomic mass is 9.97. The van der Waals surface area contributed by atoms with Gasteiger partial charge in [-0.3, -0.25) is 9.78 Å². The van der Waals surface area contributed by atoms with Crippen LogP contribution < -0.4 is 10.2 Å². The van der Waals surface area contributed by atoms with E-state index in [9.17, 15) is 4.79 Å². The standard InChI is InChI=1S/C20H21N5O2/c26-20(22-13-16-6-1-2-10-21-16)15-5-3-11-25(14-15)19-9-8-17(23-24-19)18-7-4-12-27-18/h1-2,4,6-10,12,15H,3,5,11,13-14H2,(H,22,26)/t15-/m0/s1. The first-order valence-electron chi connectivity index (χ1n) is 9.10. The zero-order chi connectivity index (χ0) is 18.5. The number of nitrogens with one attached hydrogen (secondary N) is 1. The molecule has 1 fully saturated rings. The maximum Gasteiger partial charge on any atom is 0.225 e. The molecule has 27 heavy (non-hydrogen) atoms. The van der Waals surface area contributed by atoms with Crippen molar-refractivity contribution in [2.75, 3.05) is 18.0 Å². The third kappa shape index (κ3) is 4.13. The van der Waals surface area contributed by atoms with E-state index in [0.29, 0.717) is 24.5 Å². The highest BCUT2D eigenvalue weighted by Gasteiger charge is 2.26. The topological polar surface area (TPSA) is 84.2 Å². The molecule has 0 spiro atoms. The molecule has 0 aromatic carbocycles. The first kappa shape index (κ1) is 17.2.